The Morgan fingerprint density at radius 2 is 1.57 bits per heavy atom. The lowest BCUT2D eigenvalue weighted by molar-refractivity contribution is 0.0936. The van der Waals surface area contributed by atoms with E-state index in [4.69, 9.17) is 0 Å². The van der Waals surface area contributed by atoms with Crippen LogP contribution >= 0.6 is 0 Å². The van der Waals surface area contributed by atoms with Crippen molar-refractivity contribution in [2.24, 2.45) is 0 Å². The Bertz CT molecular complexity index is 1110. The van der Waals surface area contributed by atoms with E-state index in [1.54, 1.807) is 18.2 Å². The van der Waals surface area contributed by atoms with Gasteiger partial charge in [-0.05, 0) is 36.6 Å². The van der Waals surface area contributed by atoms with Crippen LogP contribution in [0.2, 0.25) is 0 Å². The van der Waals surface area contributed by atoms with E-state index in [0.29, 0.717) is 23.1 Å². The number of carbonyl (C=O) groups is 1. The second kappa shape index (κ2) is 7.46. The molecule has 0 aliphatic heterocycles. The summed E-state index contributed by atoms with van der Waals surface area (Å²) in [6.45, 7) is 0.579. The number of aromatic amines is 2. The van der Waals surface area contributed by atoms with Crippen molar-refractivity contribution in [3.05, 3.63) is 80.4 Å². The first-order valence-electron chi connectivity index (χ1n) is 9.68. The molecule has 144 valence electrons. The second-order valence-electron chi connectivity index (χ2n) is 7.56. The highest BCUT2D eigenvalue weighted by Gasteiger charge is 2.34. The smallest absolute Gasteiger partial charge is 0.314 e. The molecule has 1 aromatic heterocycles. The van der Waals surface area contributed by atoms with Crippen molar-refractivity contribution in [3.63, 3.8) is 0 Å². The highest BCUT2D eigenvalue weighted by atomic mass is 16.2. The molecule has 1 fully saturated rings. The molecule has 0 spiro atoms. The maximum atomic E-state index is 12.8. The minimum absolute atomic E-state index is 0.0361. The third kappa shape index (κ3) is 3.50. The number of amides is 1. The fourth-order valence-electron chi connectivity index (χ4n) is 4.20. The van der Waals surface area contributed by atoms with Crippen LogP contribution in [0.15, 0.2) is 58.1 Å². The van der Waals surface area contributed by atoms with Crippen LogP contribution in [0.4, 0.5) is 0 Å². The number of carbonyl (C=O) groups excluding carboxylic acids is 1. The van der Waals surface area contributed by atoms with E-state index in [1.807, 2.05) is 18.2 Å². The molecule has 3 aromatic rings. The van der Waals surface area contributed by atoms with Crippen LogP contribution in [0, 0.1) is 0 Å². The lowest BCUT2D eigenvalue weighted by Gasteiger charge is -2.38. The Kier molecular flexibility index (Phi) is 4.86. The van der Waals surface area contributed by atoms with Crippen molar-refractivity contribution in [2.75, 3.05) is 6.54 Å². The van der Waals surface area contributed by atoms with Gasteiger partial charge in [0.25, 0.3) is 5.91 Å². The zero-order valence-corrected chi connectivity index (χ0v) is 15.6. The number of rotatable bonds is 4. The summed E-state index contributed by atoms with van der Waals surface area (Å²) in [6, 6.07) is 15.3. The predicted octanol–water partition coefficient (Wildman–Crippen LogP) is 2.85. The molecule has 1 saturated carbocycles. The number of benzene rings is 2. The van der Waals surface area contributed by atoms with E-state index < -0.39 is 11.1 Å². The van der Waals surface area contributed by atoms with Gasteiger partial charge in [0.2, 0.25) is 0 Å². The lowest BCUT2D eigenvalue weighted by atomic mass is 9.69. The third-order valence-corrected chi connectivity index (χ3v) is 5.77. The normalized spacial score (nSPS) is 16.0. The summed E-state index contributed by atoms with van der Waals surface area (Å²) in [5.74, 6) is -0.185. The lowest BCUT2D eigenvalue weighted by Crippen LogP contribution is -2.42. The molecule has 1 aliphatic carbocycles. The van der Waals surface area contributed by atoms with Gasteiger partial charge in [0.1, 0.15) is 0 Å². The zero-order valence-electron chi connectivity index (χ0n) is 15.6. The van der Waals surface area contributed by atoms with Crippen LogP contribution in [-0.2, 0) is 5.41 Å². The average molecular weight is 377 g/mol. The Hall–Kier alpha value is -3.15. The van der Waals surface area contributed by atoms with Crippen LogP contribution in [0.5, 0.6) is 0 Å². The summed E-state index contributed by atoms with van der Waals surface area (Å²) >= 11 is 0. The van der Waals surface area contributed by atoms with E-state index >= 15 is 0 Å². The van der Waals surface area contributed by atoms with Crippen molar-refractivity contribution >= 4 is 16.9 Å². The Morgan fingerprint density at radius 3 is 2.29 bits per heavy atom. The summed E-state index contributed by atoms with van der Waals surface area (Å²) in [6.07, 6.45) is 5.68. The first kappa shape index (κ1) is 18.2. The highest BCUT2D eigenvalue weighted by Crippen LogP contribution is 2.38. The zero-order chi connectivity index (χ0) is 19.6. The van der Waals surface area contributed by atoms with Crippen molar-refractivity contribution in [1.82, 2.24) is 15.3 Å². The standard InChI is InChI=1S/C22H23N3O3/c26-19(15-9-10-17-18(13-15)25-21(28)20(27)24-17)23-14-22(11-5-2-6-12-22)16-7-3-1-4-8-16/h1,3-4,7-10,13H,2,5-6,11-12,14H2,(H,23,26)(H,24,27)(H,25,28). The van der Waals surface area contributed by atoms with Gasteiger partial charge in [0.05, 0.1) is 11.0 Å². The van der Waals surface area contributed by atoms with Crippen LogP contribution in [0.1, 0.15) is 48.0 Å². The van der Waals surface area contributed by atoms with Gasteiger partial charge < -0.3 is 15.3 Å². The van der Waals surface area contributed by atoms with E-state index in [0.717, 1.165) is 25.7 Å². The first-order chi connectivity index (χ1) is 13.6. The summed E-state index contributed by atoms with van der Waals surface area (Å²) in [7, 11) is 0. The van der Waals surface area contributed by atoms with Gasteiger partial charge in [-0.3, -0.25) is 14.4 Å². The van der Waals surface area contributed by atoms with Crippen LogP contribution < -0.4 is 16.4 Å². The minimum atomic E-state index is -0.727. The average Bonchev–Trinajstić information content (AvgIpc) is 2.74. The number of aromatic nitrogens is 2. The first-order valence-corrected chi connectivity index (χ1v) is 9.68. The van der Waals surface area contributed by atoms with Gasteiger partial charge in [-0.1, -0.05) is 49.6 Å². The fraction of sp³-hybridized carbons (Fsp3) is 0.318. The molecular formula is C22H23N3O3. The van der Waals surface area contributed by atoms with Crippen LogP contribution in [-0.4, -0.2) is 22.4 Å². The maximum absolute atomic E-state index is 12.8. The van der Waals surface area contributed by atoms with Gasteiger partial charge in [0, 0.05) is 17.5 Å². The fourth-order valence-corrected chi connectivity index (χ4v) is 4.20. The SMILES string of the molecule is O=C(NCC1(c2ccccc2)CCCCC1)c1ccc2[nH]c(=O)c(=O)[nH]c2c1. The van der Waals surface area contributed by atoms with Gasteiger partial charge in [-0.2, -0.15) is 0 Å². The van der Waals surface area contributed by atoms with Gasteiger partial charge in [0.15, 0.2) is 0 Å². The largest absolute Gasteiger partial charge is 0.351 e. The monoisotopic (exact) mass is 377 g/mol. The van der Waals surface area contributed by atoms with E-state index in [-0.39, 0.29) is 11.3 Å². The number of hydrogen-bond acceptors (Lipinski definition) is 3. The second-order valence-corrected chi connectivity index (χ2v) is 7.56. The maximum Gasteiger partial charge on any atom is 0.314 e. The molecule has 1 amide bonds. The van der Waals surface area contributed by atoms with Crippen molar-refractivity contribution in [3.8, 4) is 0 Å². The van der Waals surface area contributed by atoms with E-state index in [1.165, 1.54) is 12.0 Å². The summed E-state index contributed by atoms with van der Waals surface area (Å²) in [4.78, 5) is 40.8. The van der Waals surface area contributed by atoms with Crippen LogP contribution in [0.25, 0.3) is 11.0 Å². The van der Waals surface area contributed by atoms with Crippen molar-refractivity contribution in [2.45, 2.75) is 37.5 Å². The molecule has 1 heterocycles. The van der Waals surface area contributed by atoms with Gasteiger partial charge >= 0.3 is 11.1 Å². The summed E-state index contributed by atoms with van der Waals surface area (Å²) in [5, 5.41) is 3.10. The molecule has 2 aromatic carbocycles. The molecule has 0 bridgehead atoms. The van der Waals surface area contributed by atoms with Gasteiger partial charge in [-0.15, -0.1) is 0 Å². The Labute approximate surface area is 162 Å². The van der Waals surface area contributed by atoms with Crippen LogP contribution in [0.3, 0.4) is 0 Å². The van der Waals surface area contributed by atoms with Crippen molar-refractivity contribution in [1.29, 1.82) is 0 Å². The van der Waals surface area contributed by atoms with Crippen molar-refractivity contribution < 1.29 is 4.79 Å². The molecular weight excluding hydrogens is 354 g/mol. The number of fused-ring (bicyclic) bond motifs is 1. The van der Waals surface area contributed by atoms with Gasteiger partial charge in [-0.25, -0.2) is 0 Å². The molecule has 6 heteroatoms. The minimum Gasteiger partial charge on any atom is -0.351 e. The molecule has 3 N–H and O–H groups in total. The van der Waals surface area contributed by atoms with E-state index in [2.05, 4.69) is 27.4 Å². The quantitative estimate of drug-likeness (QED) is 0.610. The third-order valence-electron chi connectivity index (χ3n) is 5.77. The van der Waals surface area contributed by atoms with E-state index in [9.17, 15) is 14.4 Å². The molecule has 6 nitrogen and oxygen atoms in total. The molecule has 0 saturated heterocycles. The number of H-pyrrole nitrogens is 2. The molecule has 0 radical (unpaired) electrons. The molecule has 0 atom stereocenters. The topological polar surface area (TPSA) is 94.8 Å². The molecule has 0 unspecified atom stereocenters. The Balaban J connectivity index is 1.57. The summed E-state index contributed by atoms with van der Waals surface area (Å²) in [5.41, 5.74) is 1.19. The highest BCUT2D eigenvalue weighted by molar-refractivity contribution is 5.97. The number of nitrogens with one attached hydrogen (secondary N) is 3. The molecule has 4 rings (SSSR count). The number of hydrogen-bond donors (Lipinski definition) is 3. The predicted molar refractivity (Wildman–Crippen MR) is 109 cm³/mol. The molecule has 28 heavy (non-hydrogen) atoms. The Morgan fingerprint density at radius 1 is 0.893 bits per heavy atom. The summed E-state index contributed by atoms with van der Waals surface area (Å²) < 4.78 is 0. The molecule has 1 aliphatic rings.